The Labute approximate surface area is 129 Å². The second-order valence-electron chi connectivity index (χ2n) is 6.64. The van der Waals surface area contributed by atoms with Crippen LogP contribution in [-0.4, -0.2) is 39.3 Å². The van der Waals surface area contributed by atoms with Gasteiger partial charge in [-0.25, -0.2) is 4.79 Å². The molecule has 0 aliphatic carbocycles. The minimum Gasteiger partial charge on any atom is -0.463 e. The molecule has 1 aromatic carbocycles. The van der Waals surface area contributed by atoms with Crippen LogP contribution in [0.3, 0.4) is 0 Å². The summed E-state index contributed by atoms with van der Waals surface area (Å²) >= 11 is 0. The molecule has 2 aromatic rings. The Kier molecular flexibility index (Phi) is 3.13. The van der Waals surface area contributed by atoms with E-state index < -0.39 is 24.4 Å². The molecule has 1 saturated heterocycles. The number of hydrogen-bond acceptors (Lipinski definition) is 4. The fourth-order valence-corrected chi connectivity index (χ4v) is 2.56. The maximum absolute atomic E-state index is 11.2. The van der Waals surface area contributed by atoms with Crippen molar-refractivity contribution in [2.24, 2.45) is 0 Å². The summed E-state index contributed by atoms with van der Waals surface area (Å²) < 4.78 is 13.0. The highest BCUT2D eigenvalue weighted by atomic mass is 16.7. The van der Waals surface area contributed by atoms with E-state index in [-0.39, 0.29) is 0 Å². The number of nitrogens with zero attached hydrogens (tertiary/aromatic N) is 2. The van der Waals surface area contributed by atoms with Crippen molar-refractivity contribution in [1.29, 1.82) is 0 Å². The van der Waals surface area contributed by atoms with Gasteiger partial charge in [-0.05, 0) is 46.1 Å². The molecule has 0 radical (unpaired) electrons. The van der Waals surface area contributed by atoms with Crippen LogP contribution >= 0.6 is 0 Å². The van der Waals surface area contributed by atoms with Gasteiger partial charge in [-0.3, -0.25) is 0 Å². The van der Waals surface area contributed by atoms with Gasteiger partial charge in [0.25, 0.3) is 0 Å². The second kappa shape index (κ2) is 4.57. The van der Waals surface area contributed by atoms with Gasteiger partial charge in [0, 0.05) is 5.39 Å². The molecule has 116 valence electrons. The van der Waals surface area contributed by atoms with Crippen LogP contribution in [-0.2, 0) is 9.31 Å². The van der Waals surface area contributed by atoms with Gasteiger partial charge in [0.05, 0.1) is 22.4 Å². The van der Waals surface area contributed by atoms with Crippen molar-refractivity contribution in [3.05, 3.63) is 23.9 Å². The molecule has 3 rings (SSSR count). The van der Waals surface area contributed by atoms with Crippen molar-refractivity contribution in [1.82, 2.24) is 9.78 Å². The van der Waals surface area contributed by atoms with Crippen LogP contribution in [0, 0.1) is 6.92 Å². The SMILES string of the molecule is Cc1nn(C(=O)O)c2ccc(B3OC(C)(C)C(C)(C)O3)cc12. The monoisotopic (exact) mass is 302 g/mol. The number of carbonyl (C=O) groups is 1. The highest BCUT2D eigenvalue weighted by molar-refractivity contribution is 6.62. The van der Waals surface area contributed by atoms with Crippen LogP contribution in [0.2, 0.25) is 0 Å². The van der Waals surface area contributed by atoms with Gasteiger partial charge in [-0.1, -0.05) is 12.1 Å². The van der Waals surface area contributed by atoms with E-state index in [0.717, 1.165) is 15.5 Å². The van der Waals surface area contributed by atoms with E-state index in [4.69, 9.17) is 14.4 Å². The summed E-state index contributed by atoms with van der Waals surface area (Å²) in [7, 11) is -0.470. The van der Waals surface area contributed by atoms with Gasteiger partial charge in [-0.2, -0.15) is 9.78 Å². The van der Waals surface area contributed by atoms with E-state index >= 15 is 0 Å². The summed E-state index contributed by atoms with van der Waals surface area (Å²) in [6, 6.07) is 5.45. The highest BCUT2D eigenvalue weighted by Crippen LogP contribution is 2.36. The first-order chi connectivity index (χ1) is 10.1. The number of aromatic nitrogens is 2. The van der Waals surface area contributed by atoms with E-state index in [1.807, 2.05) is 39.8 Å². The molecule has 0 saturated carbocycles. The first-order valence-corrected chi connectivity index (χ1v) is 7.20. The molecule has 1 fully saturated rings. The average molecular weight is 302 g/mol. The van der Waals surface area contributed by atoms with Crippen LogP contribution < -0.4 is 5.46 Å². The number of benzene rings is 1. The molecule has 0 bridgehead atoms. The average Bonchev–Trinajstić information content (AvgIpc) is 2.84. The van der Waals surface area contributed by atoms with E-state index in [1.165, 1.54) is 0 Å². The lowest BCUT2D eigenvalue weighted by atomic mass is 9.78. The second-order valence-corrected chi connectivity index (χ2v) is 6.64. The summed E-state index contributed by atoms with van der Waals surface area (Å²) in [6.07, 6.45) is -1.10. The number of hydrogen-bond donors (Lipinski definition) is 1. The smallest absolute Gasteiger partial charge is 0.463 e. The van der Waals surface area contributed by atoms with Crippen LogP contribution in [0.25, 0.3) is 10.9 Å². The van der Waals surface area contributed by atoms with E-state index in [0.29, 0.717) is 11.2 Å². The zero-order chi connectivity index (χ0) is 16.3. The summed E-state index contributed by atoms with van der Waals surface area (Å²) in [5.74, 6) is 0. The van der Waals surface area contributed by atoms with E-state index in [1.54, 1.807) is 13.0 Å². The molecule has 1 N–H and O–H groups in total. The number of aryl methyl sites for hydroxylation is 1. The van der Waals surface area contributed by atoms with Crippen molar-refractivity contribution in [2.45, 2.75) is 45.8 Å². The Bertz CT molecular complexity index is 750. The Morgan fingerprint density at radius 3 is 2.36 bits per heavy atom. The third-order valence-corrected chi connectivity index (χ3v) is 4.60. The molecule has 6 nitrogen and oxygen atoms in total. The lowest BCUT2D eigenvalue weighted by molar-refractivity contribution is 0.00578. The van der Waals surface area contributed by atoms with Crippen LogP contribution in [0.1, 0.15) is 33.4 Å². The van der Waals surface area contributed by atoms with Gasteiger partial charge >= 0.3 is 13.2 Å². The largest absolute Gasteiger partial charge is 0.494 e. The lowest BCUT2D eigenvalue weighted by Crippen LogP contribution is -2.41. The minimum absolute atomic E-state index is 0.410. The van der Waals surface area contributed by atoms with Gasteiger partial charge in [0.2, 0.25) is 0 Å². The van der Waals surface area contributed by atoms with Gasteiger partial charge in [0.15, 0.2) is 0 Å². The first kappa shape index (κ1) is 15.1. The predicted molar refractivity (Wildman–Crippen MR) is 83.6 cm³/mol. The molecule has 0 spiro atoms. The fourth-order valence-electron chi connectivity index (χ4n) is 2.56. The molecule has 0 atom stereocenters. The molecule has 0 unspecified atom stereocenters. The van der Waals surface area contributed by atoms with Crippen LogP contribution in [0.4, 0.5) is 4.79 Å². The van der Waals surface area contributed by atoms with Gasteiger partial charge in [0.1, 0.15) is 0 Å². The van der Waals surface area contributed by atoms with Crippen molar-refractivity contribution in [3.63, 3.8) is 0 Å². The maximum Gasteiger partial charge on any atom is 0.494 e. The molecule has 2 heterocycles. The Morgan fingerprint density at radius 2 is 1.82 bits per heavy atom. The zero-order valence-electron chi connectivity index (χ0n) is 13.4. The Morgan fingerprint density at radius 1 is 1.23 bits per heavy atom. The quantitative estimate of drug-likeness (QED) is 0.817. The normalized spacial score (nSPS) is 19.8. The van der Waals surface area contributed by atoms with Crippen molar-refractivity contribution in [3.8, 4) is 0 Å². The van der Waals surface area contributed by atoms with Gasteiger partial charge < -0.3 is 14.4 Å². The summed E-state index contributed by atoms with van der Waals surface area (Å²) in [5, 5.41) is 14.0. The van der Waals surface area contributed by atoms with Crippen LogP contribution in [0.5, 0.6) is 0 Å². The maximum atomic E-state index is 11.2. The molecule has 7 heteroatoms. The molecule has 22 heavy (non-hydrogen) atoms. The van der Waals surface area contributed by atoms with Crippen molar-refractivity contribution >= 4 is 29.6 Å². The zero-order valence-corrected chi connectivity index (χ0v) is 13.4. The van der Waals surface area contributed by atoms with Gasteiger partial charge in [-0.15, -0.1) is 0 Å². The van der Waals surface area contributed by atoms with Crippen molar-refractivity contribution < 1.29 is 19.2 Å². The molecule has 1 aliphatic rings. The van der Waals surface area contributed by atoms with Crippen molar-refractivity contribution in [2.75, 3.05) is 0 Å². The fraction of sp³-hybridized carbons (Fsp3) is 0.467. The third kappa shape index (κ3) is 2.12. The Balaban J connectivity index is 2.04. The topological polar surface area (TPSA) is 73.6 Å². The molecule has 1 aliphatic heterocycles. The minimum atomic E-state index is -1.10. The standard InChI is InChI=1S/C15H19BN2O4/c1-9-11-8-10(6-7-12(11)18(17-9)13(19)20)16-21-14(2,3)15(4,5)22-16/h6-8H,1-5H3,(H,19,20). The summed E-state index contributed by atoms with van der Waals surface area (Å²) in [6.45, 7) is 9.78. The number of fused-ring (bicyclic) bond motifs is 1. The third-order valence-electron chi connectivity index (χ3n) is 4.60. The summed E-state index contributed by atoms with van der Waals surface area (Å²) in [4.78, 5) is 11.2. The highest BCUT2D eigenvalue weighted by Gasteiger charge is 2.51. The van der Waals surface area contributed by atoms with E-state index in [9.17, 15) is 4.79 Å². The summed E-state index contributed by atoms with van der Waals surface area (Å²) in [5.41, 5.74) is 1.26. The first-order valence-electron chi connectivity index (χ1n) is 7.20. The van der Waals surface area contributed by atoms with E-state index in [2.05, 4.69) is 5.10 Å². The molecular weight excluding hydrogens is 283 g/mol. The predicted octanol–water partition coefficient (Wildman–Crippen LogP) is 2.17. The molecular formula is C15H19BN2O4. The Hall–Kier alpha value is -1.86. The molecule has 0 amide bonds. The molecule has 1 aromatic heterocycles. The number of carboxylic acid groups (broad SMARTS) is 1. The lowest BCUT2D eigenvalue weighted by Gasteiger charge is -2.32. The number of rotatable bonds is 1. The van der Waals surface area contributed by atoms with Crippen LogP contribution in [0.15, 0.2) is 18.2 Å².